The number of carbonyl (C=O) groups excluding carboxylic acids is 1. The Bertz CT molecular complexity index is 2210. The molecule has 0 saturated carbocycles. The quantitative estimate of drug-likeness (QED) is 0.220. The Morgan fingerprint density at radius 3 is 2.51 bits per heavy atom. The largest absolute Gasteiger partial charge is 0.460 e. The minimum atomic E-state index is -3.69. The zero-order chi connectivity index (χ0) is 30.5. The van der Waals surface area contributed by atoms with Gasteiger partial charge in [0.05, 0.1) is 39.4 Å². The van der Waals surface area contributed by atoms with Crippen LogP contribution in [0.1, 0.15) is 27.2 Å². The molecule has 2 aromatic heterocycles. The molecule has 1 amide bonds. The molecule has 6 rings (SSSR count). The average molecular weight is 611 g/mol. The lowest BCUT2D eigenvalue weighted by atomic mass is 9.97. The number of amides is 1. The highest BCUT2D eigenvalue weighted by Crippen LogP contribution is 2.41. The van der Waals surface area contributed by atoms with Gasteiger partial charge in [-0.1, -0.05) is 30.3 Å². The number of nitrogens with zero attached hydrogens (tertiary/aromatic N) is 3. The molecule has 2 heterocycles. The maximum Gasteiger partial charge on any atom is 0.252 e. The number of primary amides is 1. The number of benzene rings is 4. The van der Waals surface area contributed by atoms with E-state index in [1.807, 2.05) is 24.3 Å². The van der Waals surface area contributed by atoms with Crippen LogP contribution in [0.15, 0.2) is 83.3 Å². The van der Waals surface area contributed by atoms with Crippen molar-refractivity contribution in [3.63, 3.8) is 0 Å². The summed E-state index contributed by atoms with van der Waals surface area (Å²) in [4.78, 5) is 17.4. The topological polar surface area (TPSA) is 130 Å². The normalized spacial score (nSPS) is 11.6. The van der Waals surface area contributed by atoms with E-state index in [1.54, 1.807) is 42.5 Å². The number of nitriles is 1. The fourth-order valence-corrected chi connectivity index (χ4v) is 6.48. The number of anilines is 1. The monoisotopic (exact) mass is 610 g/mol. The number of nitrogens with two attached hydrogens (primary N) is 1. The molecule has 0 aliphatic rings. The summed E-state index contributed by atoms with van der Waals surface area (Å²) in [6.45, 7) is 0. The number of fused-ring (bicyclic) bond motifs is 2. The van der Waals surface area contributed by atoms with Crippen LogP contribution in [0.4, 0.5) is 10.1 Å². The number of sulfonamides is 1. The maximum atomic E-state index is 13.5. The number of furan rings is 1. The van der Waals surface area contributed by atoms with Crippen LogP contribution >= 0.6 is 11.3 Å². The number of carbonyl (C=O) groups is 1. The summed E-state index contributed by atoms with van der Waals surface area (Å²) in [7, 11) is -2.24. The van der Waals surface area contributed by atoms with E-state index in [1.165, 1.54) is 30.5 Å². The molecule has 4 aromatic carbocycles. The van der Waals surface area contributed by atoms with E-state index in [0.717, 1.165) is 31.3 Å². The second-order valence-corrected chi connectivity index (χ2v) is 13.1. The molecule has 0 aliphatic carbocycles. The van der Waals surface area contributed by atoms with Crippen molar-refractivity contribution in [3.05, 3.63) is 107 Å². The third-order valence-electron chi connectivity index (χ3n) is 7.18. The van der Waals surface area contributed by atoms with Crippen LogP contribution in [0.5, 0.6) is 0 Å². The van der Waals surface area contributed by atoms with Crippen molar-refractivity contribution in [1.29, 1.82) is 5.26 Å². The number of aromatic nitrogens is 1. The maximum absolute atomic E-state index is 13.5. The van der Waals surface area contributed by atoms with Gasteiger partial charge < -0.3 is 10.2 Å². The van der Waals surface area contributed by atoms with E-state index < -0.39 is 15.9 Å². The summed E-state index contributed by atoms with van der Waals surface area (Å²) >= 11 is 1.44. The Morgan fingerprint density at radius 2 is 1.81 bits per heavy atom. The third-order valence-corrected chi connectivity index (χ3v) is 9.44. The lowest BCUT2D eigenvalue weighted by Gasteiger charge is -2.21. The molecule has 11 heteroatoms. The van der Waals surface area contributed by atoms with Crippen LogP contribution < -0.4 is 10.0 Å². The summed E-state index contributed by atoms with van der Waals surface area (Å²) in [5.41, 5.74) is 10.7. The van der Waals surface area contributed by atoms with E-state index in [-0.39, 0.29) is 23.4 Å². The van der Waals surface area contributed by atoms with Crippen molar-refractivity contribution in [2.45, 2.75) is 6.42 Å². The van der Waals surface area contributed by atoms with E-state index in [2.05, 4.69) is 6.07 Å². The Morgan fingerprint density at radius 1 is 1.07 bits per heavy atom. The highest BCUT2D eigenvalue weighted by Gasteiger charge is 2.25. The van der Waals surface area contributed by atoms with Gasteiger partial charge in [0, 0.05) is 36.0 Å². The molecule has 0 fully saturated rings. The van der Waals surface area contributed by atoms with Gasteiger partial charge >= 0.3 is 0 Å². The van der Waals surface area contributed by atoms with Gasteiger partial charge in [-0.2, -0.15) is 5.26 Å². The minimum absolute atomic E-state index is 0.171. The van der Waals surface area contributed by atoms with Crippen LogP contribution in [0, 0.1) is 17.1 Å². The number of thiazole rings is 1. The fourth-order valence-electron chi connectivity index (χ4n) is 4.97. The molecule has 0 saturated heterocycles. The first-order chi connectivity index (χ1) is 20.5. The van der Waals surface area contributed by atoms with Gasteiger partial charge in [-0.15, -0.1) is 11.3 Å². The number of hydrogen-bond acceptors (Lipinski definition) is 7. The molecule has 0 atom stereocenters. The molecule has 214 valence electrons. The van der Waals surface area contributed by atoms with Gasteiger partial charge in [0.2, 0.25) is 10.0 Å². The average Bonchev–Trinajstić information content (AvgIpc) is 3.57. The fraction of sp³-hybridized carbons (Fsp3) is 0.0938. The SMILES string of the molecule is CN(c1cc2oc(Cc3ccc(F)cc3)c(C(N)=O)c2cc1-c1cccc(-c2nc3ccc(C#N)cc3s2)c1)S(C)(=O)=O. The zero-order valence-corrected chi connectivity index (χ0v) is 24.6. The Kier molecular flexibility index (Phi) is 6.96. The van der Waals surface area contributed by atoms with Crippen molar-refractivity contribution in [1.82, 2.24) is 4.98 Å². The lowest BCUT2D eigenvalue weighted by molar-refractivity contribution is 0.1000. The summed E-state index contributed by atoms with van der Waals surface area (Å²) in [6, 6.07) is 24.1. The van der Waals surface area contributed by atoms with Crippen LogP contribution in [0.3, 0.4) is 0 Å². The summed E-state index contributed by atoms with van der Waals surface area (Å²) in [5.74, 6) is -0.799. The Labute approximate surface area is 250 Å². The summed E-state index contributed by atoms with van der Waals surface area (Å²) in [5, 5.41) is 10.4. The molecule has 0 radical (unpaired) electrons. The first-order valence-corrected chi connectivity index (χ1v) is 15.7. The van der Waals surface area contributed by atoms with Gasteiger partial charge in [-0.3, -0.25) is 9.10 Å². The highest BCUT2D eigenvalue weighted by molar-refractivity contribution is 7.92. The van der Waals surface area contributed by atoms with Crippen LogP contribution in [0.2, 0.25) is 0 Å². The Balaban J connectivity index is 1.53. The van der Waals surface area contributed by atoms with Crippen LogP contribution in [0.25, 0.3) is 42.9 Å². The number of rotatable bonds is 7. The van der Waals surface area contributed by atoms with Gasteiger partial charge in [-0.05, 0) is 53.6 Å². The molecule has 2 N–H and O–H groups in total. The smallest absolute Gasteiger partial charge is 0.252 e. The lowest BCUT2D eigenvalue weighted by Crippen LogP contribution is -2.25. The second kappa shape index (κ2) is 10.7. The molecule has 0 aliphatic heterocycles. The predicted molar refractivity (Wildman–Crippen MR) is 166 cm³/mol. The zero-order valence-electron chi connectivity index (χ0n) is 23.0. The van der Waals surface area contributed by atoms with E-state index in [4.69, 9.17) is 15.1 Å². The molecule has 43 heavy (non-hydrogen) atoms. The van der Waals surface area contributed by atoms with E-state index in [0.29, 0.717) is 39.1 Å². The van der Waals surface area contributed by atoms with Crippen molar-refractivity contribution in [2.24, 2.45) is 5.73 Å². The molecule has 0 unspecified atom stereocenters. The van der Waals surface area contributed by atoms with Crippen LogP contribution in [-0.2, 0) is 16.4 Å². The van der Waals surface area contributed by atoms with Gasteiger partial charge in [-0.25, -0.2) is 17.8 Å². The van der Waals surface area contributed by atoms with Gasteiger partial charge in [0.15, 0.2) is 0 Å². The molecule has 8 nitrogen and oxygen atoms in total. The summed E-state index contributed by atoms with van der Waals surface area (Å²) < 4.78 is 47.0. The molecular formula is C32H23FN4O4S2. The van der Waals surface area contributed by atoms with Crippen LogP contribution in [-0.4, -0.2) is 32.6 Å². The number of hydrogen-bond donors (Lipinski definition) is 1. The van der Waals surface area contributed by atoms with Crippen molar-refractivity contribution < 1.29 is 22.0 Å². The second-order valence-electron chi connectivity index (χ2n) is 10.1. The Hall–Kier alpha value is -5.05. The third kappa shape index (κ3) is 5.34. The summed E-state index contributed by atoms with van der Waals surface area (Å²) in [6.07, 6.45) is 1.28. The van der Waals surface area contributed by atoms with Gasteiger partial charge in [0.25, 0.3) is 5.91 Å². The molecule has 0 bridgehead atoms. The van der Waals surface area contributed by atoms with Crippen molar-refractivity contribution in [2.75, 3.05) is 17.6 Å². The minimum Gasteiger partial charge on any atom is -0.460 e. The highest BCUT2D eigenvalue weighted by atomic mass is 32.2. The van der Waals surface area contributed by atoms with Crippen molar-refractivity contribution in [3.8, 4) is 27.8 Å². The molecule has 0 spiro atoms. The van der Waals surface area contributed by atoms with Gasteiger partial charge in [0.1, 0.15) is 22.2 Å². The molecule has 6 aromatic rings. The number of halogens is 1. The predicted octanol–water partition coefficient (Wildman–Crippen LogP) is 6.47. The molecular weight excluding hydrogens is 588 g/mol. The first kappa shape index (κ1) is 28.1. The van der Waals surface area contributed by atoms with Crippen molar-refractivity contribution >= 4 is 54.1 Å². The standard InChI is InChI=1S/C32H23FN4O4S2/c1-37(43(2,39)40)26-16-27-24(30(31(35)38)28(41-27)12-18-6-9-22(33)10-7-18)15-23(26)20-4-3-5-21(14-20)32-36-25-11-8-19(17-34)13-29(25)42-32/h3-11,13-16H,12H2,1-2H3,(H2,35,38). The van der Waals surface area contributed by atoms with E-state index in [9.17, 15) is 22.9 Å². The first-order valence-electron chi connectivity index (χ1n) is 13.0. The van der Waals surface area contributed by atoms with E-state index >= 15 is 0 Å².